The summed E-state index contributed by atoms with van der Waals surface area (Å²) in [5.74, 6) is -3.81. The molecule has 46 heavy (non-hydrogen) atoms. The molecule has 6 rings (SSSR count). The number of aliphatic hydroxyl groups excluding tert-OH is 1. The van der Waals surface area contributed by atoms with Gasteiger partial charge in [-0.05, 0) is 56.9 Å². The molecule has 10 nitrogen and oxygen atoms in total. The number of hydrogen-bond donors (Lipinski definition) is 2. The van der Waals surface area contributed by atoms with Crippen molar-refractivity contribution in [1.82, 2.24) is 10.2 Å². The number of nitrogens with one attached hydrogen (secondary N) is 1. The van der Waals surface area contributed by atoms with Crippen molar-refractivity contribution >= 4 is 29.4 Å². The number of aryl methyl sites for hydroxylation is 2. The smallest absolute Gasteiger partial charge is 0.313 e. The number of ether oxygens (including phenoxy) is 2. The number of fused-ring (bicyclic) bond motifs is 2. The van der Waals surface area contributed by atoms with Crippen LogP contribution in [0.3, 0.4) is 0 Å². The van der Waals surface area contributed by atoms with E-state index in [-0.39, 0.29) is 31.4 Å². The molecule has 8 atom stereocenters. The number of esters is 1. The molecule has 4 aliphatic rings. The maximum Gasteiger partial charge on any atom is 0.313 e. The highest BCUT2D eigenvalue weighted by Gasteiger charge is 2.72. The average molecular weight is 628 g/mol. The van der Waals surface area contributed by atoms with E-state index in [0.29, 0.717) is 12.0 Å². The lowest BCUT2D eigenvalue weighted by Crippen LogP contribution is -2.57. The van der Waals surface area contributed by atoms with Crippen LogP contribution in [0.25, 0.3) is 0 Å². The molecule has 2 aromatic carbocycles. The van der Waals surface area contributed by atoms with Gasteiger partial charge in [-0.3, -0.25) is 19.2 Å². The van der Waals surface area contributed by atoms with Gasteiger partial charge in [0.1, 0.15) is 23.7 Å². The number of carbonyl (C=O) groups is 4. The number of nitrogens with zero attached hydrogens (tertiary/aromatic N) is 2. The van der Waals surface area contributed by atoms with E-state index in [1.165, 1.54) is 4.90 Å². The van der Waals surface area contributed by atoms with Crippen LogP contribution >= 0.6 is 0 Å². The zero-order chi connectivity index (χ0) is 32.7. The Balaban J connectivity index is 1.46. The molecule has 1 spiro atoms. The van der Waals surface area contributed by atoms with Gasteiger partial charge in [-0.25, -0.2) is 0 Å². The highest BCUT2D eigenvalue weighted by molar-refractivity contribution is 6.06. The van der Waals surface area contributed by atoms with Crippen molar-refractivity contribution in [1.29, 1.82) is 0 Å². The molecule has 2 saturated heterocycles. The molecule has 0 saturated carbocycles. The van der Waals surface area contributed by atoms with E-state index < -0.39 is 59.6 Å². The van der Waals surface area contributed by atoms with E-state index in [2.05, 4.69) is 5.32 Å². The van der Waals surface area contributed by atoms with Crippen LogP contribution < -0.4 is 10.2 Å². The highest BCUT2D eigenvalue weighted by atomic mass is 16.6. The third-order valence-electron chi connectivity index (χ3n) is 9.68. The number of cyclic esters (lactones) is 1. The summed E-state index contributed by atoms with van der Waals surface area (Å²) in [5, 5.41) is 13.2. The van der Waals surface area contributed by atoms with Gasteiger partial charge >= 0.3 is 5.97 Å². The molecule has 0 bridgehead atoms. The lowest BCUT2D eigenvalue weighted by atomic mass is 9.77. The molecular formula is C36H41N3O7. The van der Waals surface area contributed by atoms with Crippen LogP contribution in [0.5, 0.6) is 0 Å². The van der Waals surface area contributed by atoms with Crippen LogP contribution in [0.1, 0.15) is 49.5 Å². The number of benzene rings is 2. The number of rotatable bonds is 4. The van der Waals surface area contributed by atoms with Gasteiger partial charge in [0.05, 0.1) is 30.7 Å². The summed E-state index contributed by atoms with van der Waals surface area (Å²) in [6.07, 6.45) is 5.97. The van der Waals surface area contributed by atoms with Crippen LogP contribution in [-0.2, 0) is 28.7 Å². The van der Waals surface area contributed by atoms with Crippen LogP contribution in [0.2, 0.25) is 0 Å². The molecule has 0 aliphatic carbocycles. The van der Waals surface area contributed by atoms with Crippen LogP contribution in [0, 0.1) is 25.7 Å². The van der Waals surface area contributed by atoms with Crippen molar-refractivity contribution in [3.63, 3.8) is 0 Å². The second kappa shape index (κ2) is 12.5. The number of carbonyl (C=O) groups excluding carboxylic acids is 4. The summed E-state index contributed by atoms with van der Waals surface area (Å²) in [7, 11) is 0. The monoisotopic (exact) mass is 627 g/mol. The summed E-state index contributed by atoms with van der Waals surface area (Å²) in [4.78, 5) is 59.4. The predicted octanol–water partition coefficient (Wildman–Crippen LogP) is 3.31. The minimum Gasteiger partial charge on any atom is -0.455 e. The van der Waals surface area contributed by atoms with Gasteiger partial charge in [0.15, 0.2) is 0 Å². The molecule has 3 amide bonds. The largest absolute Gasteiger partial charge is 0.455 e. The van der Waals surface area contributed by atoms with Crippen molar-refractivity contribution in [3.8, 4) is 0 Å². The molecule has 2 aromatic rings. The number of amides is 3. The Morgan fingerprint density at radius 2 is 1.80 bits per heavy atom. The Kier molecular flexibility index (Phi) is 8.60. The summed E-state index contributed by atoms with van der Waals surface area (Å²) in [6, 6.07) is 12.6. The first-order chi connectivity index (χ1) is 22.1. The Morgan fingerprint density at radius 3 is 2.54 bits per heavy atom. The number of hydrogen-bond acceptors (Lipinski definition) is 7. The highest BCUT2D eigenvalue weighted by Crippen LogP contribution is 2.54. The summed E-state index contributed by atoms with van der Waals surface area (Å²) >= 11 is 0. The van der Waals surface area contributed by atoms with E-state index in [1.807, 2.05) is 68.5 Å². The predicted molar refractivity (Wildman–Crippen MR) is 170 cm³/mol. The van der Waals surface area contributed by atoms with Crippen LogP contribution in [0.15, 0.2) is 72.8 Å². The topological polar surface area (TPSA) is 125 Å². The Labute approximate surface area is 269 Å². The zero-order valence-corrected chi connectivity index (χ0v) is 26.6. The molecule has 2 fully saturated rings. The molecular weight excluding hydrogens is 586 g/mol. The van der Waals surface area contributed by atoms with Crippen molar-refractivity contribution in [2.75, 3.05) is 18.1 Å². The second-order valence-electron chi connectivity index (χ2n) is 12.9. The summed E-state index contributed by atoms with van der Waals surface area (Å²) in [5.41, 5.74) is 1.80. The number of anilines is 1. The number of allylic oxidation sites excluding steroid dienone is 1. The summed E-state index contributed by atoms with van der Waals surface area (Å²) < 4.78 is 13.0. The second-order valence-corrected chi connectivity index (χ2v) is 12.9. The average Bonchev–Trinajstić information content (AvgIpc) is 3.43. The first kappa shape index (κ1) is 31.7. The van der Waals surface area contributed by atoms with Gasteiger partial charge in [-0.2, -0.15) is 0 Å². The minimum absolute atomic E-state index is 0.179. The fraction of sp³-hybridized carbons (Fsp3) is 0.444. The fourth-order valence-electron chi connectivity index (χ4n) is 7.43. The van der Waals surface area contributed by atoms with Gasteiger partial charge in [-0.1, -0.05) is 66.8 Å². The van der Waals surface area contributed by atoms with E-state index in [9.17, 15) is 24.3 Å². The van der Waals surface area contributed by atoms with Crippen molar-refractivity contribution in [2.24, 2.45) is 11.8 Å². The summed E-state index contributed by atoms with van der Waals surface area (Å²) in [6.45, 7) is 7.21. The lowest BCUT2D eigenvalue weighted by molar-refractivity contribution is -0.161. The molecule has 0 unspecified atom stereocenters. The van der Waals surface area contributed by atoms with E-state index in [0.717, 1.165) is 16.8 Å². The minimum atomic E-state index is -1.50. The van der Waals surface area contributed by atoms with Gasteiger partial charge in [0.25, 0.3) is 5.91 Å². The first-order valence-electron chi connectivity index (χ1n) is 16.0. The number of aliphatic hydroxyl groups is 1. The van der Waals surface area contributed by atoms with Gasteiger partial charge in [0, 0.05) is 18.7 Å². The van der Waals surface area contributed by atoms with Crippen molar-refractivity contribution in [2.45, 2.75) is 76.5 Å². The molecule has 4 heterocycles. The maximum atomic E-state index is 14.7. The zero-order valence-electron chi connectivity index (χ0n) is 26.6. The Bertz CT molecular complexity index is 1590. The Morgan fingerprint density at radius 1 is 1.04 bits per heavy atom. The fourth-order valence-corrected chi connectivity index (χ4v) is 7.43. The van der Waals surface area contributed by atoms with Gasteiger partial charge in [0.2, 0.25) is 11.8 Å². The molecule has 0 radical (unpaired) electrons. The van der Waals surface area contributed by atoms with Crippen molar-refractivity contribution in [3.05, 3.63) is 89.5 Å². The Hall–Kier alpha value is -4.28. The lowest BCUT2D eigenvalue weighted by Gasteiger charge is -2.37. The van der Waals surface area contributed by atoms with Gasteiger partial charge < -0.3 is 29.7 Å². The van der Waals surface area contributed by atoms with Gasteiger partial charge in [-0.15, -0.1) is 0 Å². The number of likely N-dealkylation sites (tertiary alicyclic amines) is 1. The van der Waals surface area contributed by atoms with Crippen LogP contribution in [-0.4, -0.2) is 76.7 Å². The molecule has 242 valence electrons. The molecule has 0 aromatic heterocycles. The quantitative estimate of drug-likeness (QED) is 0.394. The molecule has 4 aliphatic heterocycles. The standard InChI is InChI=1S/C36H41N3O7/c1-21-15-16-22(2)26(19-21)38-18-10-17-36-30(33(42)39(23(3)20-40)32(36)34(38)43)29-27(46-36)13-8-9-14-28(41)37-24(4)31(45-35(29)44)25-11-6-5-7-12-25/h5-8,10-13,15-17,19,23-24,27,29-32,40H,9,14,18,20H2,1-4H3,(H,37,41)/b13-8-/t23-,24+,27+,29-,30-,31-,32+,36-/m1/s1. The SMILES string of the molecule is Cc1ccc(C)c(N2CC=C[C@@]34O[C@H]5/C=C\CCC(=O)N[C@@H](C)[C@H](c6ccccc6)OC(=O)[C@H]5[C@@H]3C(=O)N([C@H](C)CO)[C@H]4C2=O)c1. The van der Waals surface area contributed by atoms with E-state index in [1.54, 1.807) is 37.0 Å². The molecule has 10 heteroatoms. The third-order valence-corrected chi connectivity index (χ3v) is 9.68. The third kappa shape index (κ3) is 5.33. The molecule has 2 N–H and O–H groups in total. The van der Waals surface area contributed by atoms with Crippen molar-refractivity contribution < 1.29 is 33.8 Å². The van der Waals surface area contributed by atoms with Crippen LogP contribution in [0.4, 0.5) is 5.69 Å². The van der Waals surface area contributed by atoms with E-state index in [4.69, 9.17) is 9.47 Å². The normalized spacial score (nSPS) is 32.7. The maximum absolute atomic E-state index is 14.7. The first-order valence-corrected chi connectivity index (χ1v) is 16.0. The van der Waals surface area contributed by atoms with E-state index >= 15 is 0 Å².